The standard InChI is InChI=1S/C14H15F3N2OS/c1-9-13(21-8-19-9)4-5-20-11-2-3-12(14(15,16)17)10(6-11)7-18/h2-3,6,8H,4-5,7,18H2,1H3. The molecule has 0 unspecified atom stereocenters. The molecule has 0 spiro atoms. The summed E-state index contributed by atoms with van der Waals surface area (Å²) in [4.78, 5) is 5.24. The highest BCUT2D eigenvalue weighted by Gasteiger charge is 2.32. The Balaban J connectivity index is 2.03. The second-order valence-electron chi connectivity index (χ2n) is 4.48. The number of hydrogen-bond acceptors (Lipinski definition) is 4. The molecule has 3 nitrogen and oxygen atoms in total. The van der Waals surface area contributed by atoms with E-state index in [9.17, 15) is 13.2 Å². The first-order chi connectivity index (χ1) is 9.91. The van der Waals surface area contributed by atoms with E-state index < -0.39 is 11.7 Å². The largest absolute Gasteiger partial charge is 0.493 e. The van der Waals surface area contributed by atoms with Gasteiger partial charge in [0.25, 0.3) is 0 Å². The topological polar surface area (TPSA) is 48.1 Å². The number of halogens is 3. The van der Waals surface area contributed by atoms with Crippen LogP contribution < -0.4 is 10.5 Å². The fourth-order valence-electron chi connectivity index (χ4n) is 1.93. The monoisotopic (exact) mass is 316 g/mol. The molecule has 0 aliphatic heterocycles. The van der Waals surface area contributed by atoms with E-state index in [-0.39, 0.29) is 12.1 Å². The Morgan fingerprint density at radius 1 is 1.33 bits per heavy atom. The second-order valence-corrected chi connectivity index (χ2v) is 5.42. The predicted molar refractivity (Wildman–Crippen MR) is 75.4 cm³/mol. The molecule has 0 saturated carbocycles. The van der Waals surface area contributed by atoms with Gasteiger partial charge in [0.15, 0.2) is 0 Å². The van der Waals surface area contributed by atoms with Gasteiger partial charge in [-0.1, -0.05) is 0 Å². The number of benzene rings is 1. The molecule has 0 bridgehead atoms. The molecule has 2 N–H and O–H groups in total. The zero-order valence-corrected chi connectivity index (χ0v) is 12.2. The minimum atomic E-state index is -4.40. The molecular formula is C14H15F3N2OS. The molecule has 0 saturated heterocycles. The van der Waals surface area contributed by atoms with Crippen molar-refractivity contribution in [3.63, 3.8) is 0 Å². The Hall–Kier alpha value is -1.60. The number of thiazole rings is 1. The van der Waals surface area contributed by atoms with Gasteiger partial charge >= 0.3 is 6.18 Å². The van der Waals surface area contributed by atoms with Crippen molar-refractivity contribution in [3.8, 4) is 5.75 Å². The van der Waals surface area contributed by atoms with Crippen LogP contribution in [0.15, 0.2) is 23.7 Å². The molecule has 1 heterocycles. The smallest absolute Gasteiger partial charge is 0.416 e. The van der Waals surface area contributed by atoms with Crippen LogP contribution in [0.4, 0.5) is 13.2 Å². The van der Waals surface area contributed by atoms with Crippen LogP contribution in [0.25, 0.3) is 0 Å². The molecular weight excluding hydrogens is 301 g/mol. The molecule has 0 fully saturated rings. The third-order valence-electron chi connectivity index (χ3n) is 3.04. The fourth-order valence-corrected chi connectivity index (χ4v) is 2.70. The maximum absolute atomic E-state index is 12.7. The summed E-state index contributed by atoms with van der Waals surface area (Å²) in [5.41, 5.74) is 7.42. The summed E-state index contributed by atoms with van der Waals surface area (Å²) < 4.78 is 43.7. The summed E-state index contributed by atoms with van der Waals surface area (Å²) in [6, 6.07) is 3.68. The average molecular weight is 316 g/mol. The highest BCUT2D eigenvalue weighted by molar-refractivity contribution is 7.09. The van der Waals surface area contributed by atoms with E-state index in [0.29, 0.717) is 18.8 Å². The number of ether oxygens (including phenoxy) is 1. The van der Waals surface area contributed by atoms with E-state index in [1.807, 2.05) is 6.92 Å². The highest BCUT2D eigenvalue weighted by Crippen LogP contribution is 2.33. The minimum absolute atomic E-state index is 0.0361. The van der Waals surface area contributed by atoms with Gasteiger partial charge in [-0.25, -0.2) is 4.98 Å². The predicted octanol–water partition coefficient (Wildman–Crippen LogP) is 3.55. The van der Waals surface area contributed by atoms with Gasteiger partial charge in [0, 0.05) is 17.8 Å². The summed E-state index contributed by atoms with van der Waals surface area (Å²) in [5.74, 6) is 0.394. The molecule has 114 valence electrons. The Morgan fingerprint density at radius 2 is 2.10 bits per heavy atom. The molecule has 0 aliphatic rings. The SMILES string of the molecule is Cc1ncsc1CCOc1ccc(C(F)(F)F)c(CN)c1. The lowest BCUT2D eigenvalue weighted by Gasteiger charge is -2.13. The van der Waals surface area contributed by atoms with Crippen molar-refractivity contribution in [2.24, 2.45) is 5.73 Å². The minimum Gasteiger partial charge on any atom is -0.493 e. The van der Waals surface area contributed by atoms with E-state index in [2.05, 4.69) is 4.98 Å². The second kappa shape index (κ2) is 6.44. The van der Waals surface area contributed by atoms with Crippen LogP contribution in [0.1, 0.15) is 21.7 Å². The van der Waals surface area contributed by atoms with Gasteiger partial charge in [0.05, 0.1) is 23.4 Å². The summed E-state index contributed by atoms with van der Waals surface area (Å²) in [6.07, 6.45) is -3.72. The molecule has 0 radical (unpaired) electrons. The highest BCUT2D eigenvalue weighted by atomic mass is 32.1. The summed E-state index contributed by atoms with van der Waals surface area (Å²) in [7, 11) is 0. The molecule has 21 heavy (non-hydrogen) atoms. The Labute approximate surface area is 124 Å². The fraction of sp³-hybridized carbons (Fsp3) is 0.357. The van der Waals surface area contributed by atoms with Crippen molar-refractivity contribution < 1.29 is 17.9 Å². The van der Waals surface area contributed by atoms with Gasteiger partial charge in [-0.15, -0.1) is 11.3 Å². The molecule has 0 atom stereocenters. The van der Waals surface area contributed by atoms with E-state index in [1.165, 1.54) is 23.5 Å². The van der Waals surface area contributed by atoms with E-state index in [0.717, 1.165) is 16.6 Å². The number of aromatic nitrogens is 1. The number of rotatable bonds is 5. The van der Waals surface area contributed by atoms with Gasteiger partial charge in [-0.2, -0.15) is 13.2 Å². The van der Waals surface area contributed by atoms with E-state index >= 15 is 0 Å². The maximum atomic E-state index is 12.7. The van der Waals surface area contributed by atoms with Crippen LogP contribution in [0, 0.1) is 6.92 Å². The third kappa shape index (κ3) is 3.95. The third-order valence-corrected chi connectivity index (χ3v) is 4.04. The molecule has 1 aromatic carbocycles. The number of nitrogens with zero attached hydrogens (tertiary/aromatic N) is 1. The Bertz CT molecular complexity index is 611. The molecule has 2 rings (SSSR count). The zero-order chi connectivity index (χ0) is 15.5. The lowest BCUT2D eigenvalue weighted by atomic mass is 10.1. The summed E-state index contributed by atoms with van der Waals surface area (Å²) >= 11 is 1.54. The lowest BCUT2D eigenvalue weighted by Crippen LogP contribution is -2.12. The summed E-state index contributed by atoms with van der Waals surface area (Å²) in [6.45, 7) is 2.12. The first-order valence-corrected chi connectivity index (χ1v) is 7.21. The van der Waals surface area contributed by atoms with Gasteiger partial charge < -0.3 is 10.5 Å². The van der Waals surface area contributed by atoms with Crippen molar-refractivity contribution >= 4 is 11.3 Å². The van der Waals surface area contributed by atoms with Crippen LogP contribution >= 0.6 is 11.3 Å². The number of alkyl halides is 3. The average Bonchev–Trinajstić information content (AvgIpc) is 2.83. The van der Waals surface area contributed by atoms with Gasteiger partial charge in [-0.3, -0.25) is 0 Å². The van der Waals surface area contributed by atoms with Crippen molar-refractivity contribution in [2.75, 3.05) is 6.61 Å². The molecule has 1 aromatic heterocycles. The molecule has 0 aliphatic carbocycles. The maximum Gasteiger partial charge on any atom is 0.416 e. The van der Waals surface area contributed by atoms with Crippen LogP contribution in [-0.4, -0.2) is 11.6 Å². The van der Waals surface area contributed by atoms with Crippen molar-refractivity contribution in [3.05, 3.63) is 45.4 Å². The number of nitrogens with two attached hydrogens (primary N) is 1. The lowest BCUT2D eigenvalue weighted by molar-refractivity contribution is -0.138. The molecule has 7 heteroatoms. The molecule has 0 amide bonds. The normalized spacial score (nSPS) is 11.7. The van der Waals surface area contributed by atoms with Gasteiger partial charge in [-0.05, 0) is 30.7 Å². The number of hydrogen-bond donors (Lipinski definition) is 1. The quantitative estimate of drug-likeness (QED) is 0.917. The van der Waals surface area contributed by atoms with Crippen LogP contribution in [0.5, 0.6) is 5.75 Å². The van der Waals surface area contributed by atoms with Gasteiger partial charge in [0.1, 0.15) is 5.75 Å². The van der Waals surface area contributed by atoms with Gasteiger partial charge in [0.2, 0.25) is 0 Å². The van der Waals surface area contributed by atoms with E-state index in [4.69, 9.17) is 10.5 Å². The summed E-state index contributed by atoms with van der Waals surface area (Å²) in [5, 5.41) is 0. The van der Waals surface area contributed by atoms with Crippen molar-refractivity contribution in [1.82, 2.24) is 4.98 Å². The first kappa shape index (κ1) is 15.8. The zero-order valence-electron chi connectivity index (χ0n) is 11.4. The van der Waals surface area contributed by atoms with Crippen LogP contribution in [0.3, 0.4) is 0 Å². The van der Waals surface area contributed by atoms with Crippen molar-refractivity contribution in [1.29, 1.82) is 0 Å². The van der Waals surface area contributed by atoms with Crippen molar-refractivity contribution in [2.45, 2.75) is 26.1 Å². The van der Waals surface area contributed by atoms with Crippen LogP contribution in [0.2, 0.25) is 0 Å². The molecule has 2 aromatic rings. The Kier molecular flexibility index (Phi) is 4.84. The Morgan fingerprint density at radius 3 is 2.67 bits per heavy atom. The number of aryl methyl sites for hydroxylation is 1. The van der Waals surface area contributed by atoms with Crippen LogP contribution in [-0.2, 0) is 19.1 Å². The first-order valence-electron chi connectivity index (χ1n) is 6.33. The van der Waals surface area contributed by atoms with E-state index in [1.54, 1.807) is 5.51 Å².